The van der Waals surface area contributed by atoms with Crippen molar-refractivity contribution in [1.82, 2.24) is 0 Å². The largest absolute Gasteiger partial charge is 0.378 e. The fraction of sp³-hybridized carbons (Fsp3) is 0.625. The molecule has 1 aromatic rings. The molecule has 3 heteroatoms. The third kappa shape index (κ3) is 1.72. The molecule has 1 aromatic carbocycles. The van der Waals surface area contributed by atoms with Crippen LogP contribution in [-0.2, 0) is 0 Å². The van der Waals surface area contributed by atoms with Crippen LogP contribution in [0.2, 0.25) is 5.02 Å². The second kappa shape index (κ2) is 4.12. The molecule has 3 rings (SSSR count). The molecule has 0 radical (unpaired) electrons. The summed E-state index contributed by atoms with van der Waals surface area (Å²) < 4.78 is 13.9. The minimum atomic E-state index is -0.253. The molecule has 19 heavy (non-hydrogen) atoms. The highest BCUT2D eigenvalue weighted by Crippen LogP contribution is 2.66. The molecule has 1 nitrogen and oxygen atoms in total. The quantitative estimate of drug-likeness (QED) is 0.795. The summed E-state index contributed by atoms with van der Waals surface area (Å²) in [6.45, 7) is 7.05. The molecule has 3 unspecified atom stereocenters. The molecule has 2 aliphatic carbocycles. The summed E-state index contributed by atoms with van der Waals surface area (Å²) in [7, 11) is 0. The smallest absolute Gasteiger partial charge is 0.147 e. The molecule has 1 N–H and O–H groups in total. The molecule has 0 amide bonds. The summed E-state index contributed by atoms with van der Waals surface area (Å²) in [5, 5.41) is 3.87. The summed E-state index contributed by atoms with van der Waals surface area (Å²) in [5.74, 6) is 0.484. The number of para-hydroxylation sites is 1. The van der Waals surface area contributed by atoms with E-state index in [4.69, 9.17) is 11.6 Å². The number of hydrogen-bond acceptors (Lipinski definition) is 1. The van der Waals surface area contributed by atoms with Gasteiger partial charge in [-0.2, -0.15) is 0 Å². The van der Waals surface area contributed by atoms with Gasteiger partial charge < -0.3 is 5.32 Å². The van der Waals surface area contributed by atoms with Crippen LogP contribution in [0.1, 0.15) is 40.0 Å². The molecule has 0 spiro atoms. The Labute approximate surface area is 119 Å². The van der Waals surface area contributed by atoms with Crippen molar-refractivity contribution in [2.24, 2.45) is 16.7 Å². The maximum absolute atomic E-state index is 13.9. The zero-order chi connectivity index (χ0) is 13.8. The van der Waals surface area contributed by atoms with Crippen LogP contribution >= 0.6 is 11.6 Å². The van der Waals surface area contributed by atoms with Crippen molar-refractivity contribution in [1.29, 1.82) is 0 Å². The summed E-state index contributed by atoms with van der Waals surface area (Å²) in [5.41, 5.74) is 1.02. The molecule has 0 heterocycles. The molecule has 2 aliphatic rings. The minimum absolute atomic E-state index is 0.225. The molecular weight excluding hydrogens is 261 g/mol. The molecule has 0 aliphatic heterocycles. The summed E-state index contributed by atoms with van der Waals surface area (Å²) in [6.07, 6.45) is 3.63. The lowest BCUT2D eigenvalue weighted by Crippen LogP contribution is -2.40. The SMILES string of the molecule is CC1(C)C2CCC1(C)C(Nc1c(F)cccc1Cl)C2. The van der Waals surface area contributed by atoms with Crippen molar-refractivity contribution >= 4 is 17.3 Å². The van der Waals surface area contributed by atoms with E-state index < -0.39 is 0 Å². The first-order valence-corrected chi connectivity index (χ1v) is 7.44. The first-order chi connectivity index (χ1) is 8.86. The first-order valence-electron chi connectivity index (χ1n) is 7.07. The van der Waals surface area contributed by atoms with Gasteiger partial charge in [0.2, 0.25) is 0 Å². The van der Waals surface area contributed by atoms with Gasteiger partial charge in [-0.05, 0) is 48.1 Å². The Hall–Kier alpha value is -0.760. The number of halogens is 2. The van der Waals surface area contributed by atoms with Crippen molar-refractivity contribution in [2.75, 3.05) is 5.32 Å². The standard InChI is InChI=1S/C16H21ClFN/c1-15(2)10-7-8-16(15,3)13(9-10)19-14-11(17)5-4-6-12(14)18/h4-6,10,13,19H,7-9H2,1-3H3. The zero-order valence-corrected chi connectivity index (χ0v) is 12.5. The van der Waals surface area contributed by atoms with Gasteiger partial charge in [0.1, 0.15) is 5.82 Å². The first kappa shape index (κ1) is 13.2. The van der Waals surface area contributed by atoms with Crippen LogP contribution in [0.15, 0.2) is 18.2 Å². The van der Waals surface area contributed by atoms with Crippen molar-refractivity contribution in [3.8, 4) is 0 Å². The van der Waals surface area contributed by atoms with E-state index in [9.17, 15) is 4.39 Å². The van der Waals surface area contributed by atoms with Gasteiger partial charge >= 0.3 is 0 Å². The maximum Gasteiger partial charge on any atom is 0.147 e. The van der Waals surface area contributed by atoms with Gasteiger partial charge in [0.25, 0.3) is 0 Å². The van der Waals surface area contributed by atoms with E-state index >= 15 is 0 Å². The second-order valence-electron chi connectivity index (χ2n) is 6.90. The lowest BCUT2D eigenvalue weighted by atomic mass is 9.69. The Kier molecular flexibility index (Phi) is 2.87. The Bertz CT molecular complexity index is 493. The van der Waals surface area contributed by atoms with Crippen LogP contribution in [0, 0.1) is 22.6 Å². The molecular formula is C16H21ClFN. The van der Waals surface area contributed by atoms with E-state index in [0.29, 0.717) is 22.2 Å². The van der Waals surface area contributed by atoms with Crippen molar-refractivity contribution in [3.05, 3.63) is 29.0 Å². The molecule has 2 bridgehead atoms. The van der Waals surface area contributed by atoms with Crippen LogP contribution in [0.4, 0.5) is 10.1 Å². The Morgan fingerprint density at radius 3 is 2.58 bits per heavy atom. The predicted molar refractivity (Wildman–Crippen MR) is 78.0 cm³/mol. The van der Waals surface area contributed by atoms with Crippen LogP contribution in [0.25, 0.3) is 0 Å². The van der Waals surface area contributed by atoms with E-state index in [1.807, 2.05) is 0 Å². The predicted octanol–water partition coefficient (Wildman–Crippen LogP) is 5.11. The number of hydrogen-bond donors (Lipinski definition) is 1. The van der Waals surface area contributed by atoms with Gasteiger partial charge in [0, 0.05) is 6.04 Å². The highest BCUT2D eigenvalue weighted by atomic mass is 35.5. The number of nitrogens with one attached hydrogen (secondary N) is 1. The van der Waals surface area contributed by atoms with E-state index in [0.717, 1.165) is 12.3 Å². The van der Waals surface area contributed by atoms with E-state index in [-0.39, 0.29) is 11.2 Å². The molecule has 0 saturated heterocycles. The van der Waals surface area contributed by atoms with Crippen molar-refractivity contribution in [3.63, 3.8) is 0 Å². The summed E-state index contributed by atoms with van der Waals surface area (Å²) in [6, 6.07) is 5.17. The maximum atomic E-state index is 13.9. The second-order valence-corrected chi connectivity index (χ2v) is 7.31. The molecule has 2 saturated carbocycles. The van der Waals surface area contributed by atoms with Gasteiger partial charge in [0.05, 0.1) is 10.7 Å². The number of rotatable bonds is 2. The highest BCUT2D eigenvalue weighted by molar-refractivity contribution is 6.33. The average molecular weight is 282 g/mol. The third-order valence-electron chi connectivity index (χ3n) is 6.08. The topological polar surface area (TPSA) is 12.0 Å². The van der Waals surface area contributed by atoms with Gasteiger partial charge in [-0.3, -0.25) is 0 Å². The van der Waals surface area contributed by atoms with Gasteiger partial charge in [-0.15, -0.1) is 0 Å². The van der Waals surface area contributed by atoms with Crippen LogP contribution in [0.3, 0.4) is 0 Å². The van der Waals surface area contributed by atoms with Crippen molar-refractivity contribution in [2.45, 2.75) is 46.1 Å². The van der Waals surface area contributed by atoms with Gasteiger partial charge in [-0.25, -0.2) is 4.39 Å². The molecule has 3 atom stereocenters. The third-order valence-corrected chi connectivity index (χ3v) is 6.39. The normalized spacial score (nSPS) is 35.6. The fourth-order valence-corrected chi connectivity index (χ4v) is 4.45. The van der Waals surface area contributed by atoms with Gasteiger partial charge in [0.15, 0.2) is 0 Å². The van der Waals surface area contributed by atoms with E-state index in [1.54, 1.807) is 12.1 Å². The zero-order valence-electron chi connectivity index (χ0n) is 11.8. The van der Waals surface area contributed by atoms with Crippen LogP contribution in [0.5, 0.6) is 0 Å². The van der Waals surface area contributed by atoms with Gasteiger partial charge in [-0.1, -0.05) is 38.4 Å². The van der Waals surface area contributed by atoms with E-state index in [1.165, 1.54) is 18.9 Å². The Morgan fingerprint density at radius 2 is 2.05 bits per heavy atom. The lowest BCUT2D eigenvalue weighted by molar-refractivity contribution is 0.142. The lowest BCUT2D eigenvalue weighted by Gasteiger charge is -2.40. The number of fused-ring (bicyclic) bond motifs is 2. The average Bonchev–Trinajstić information content (AvgIpc) is 2.67. The Morgan fingerprint density at radius 1 is 1.32 bits per heavy atom. The summed E-state index contributed by atoms with van der Waals surface area (Å²) in [4.78, 5) is 0. The van der Waals surface area contributed by atoms with Crippen LogP contribution < -0.4 is 5.32 Å². The van der Waals surface area contributed by atoms with E-state index in [2.05, 4.69) is 26.1 Å². The number of benzene rings is 1. The molecule has 0 aromatic heterocycles. The van der Waals surface area contributed by atoms with Crippen LogP contribution in [-0.4, -0.2) is 6.04 Å². The van der Waals surface area contributed by atoms with Crippen molar-refractivity contribution < 1.29 is 4.39 Å². The molecule has 104 valence electrons. The highest BCUT2D eigenvalue weighted by Gasteiger charge is 2.61. The molecule has 2 fully saturated rings. The monoisotopic (exact) mass is 281 g/mol. The number of anilines is 1. The Balaban J connectivity index is 1.90. The minimum Gasteiger partial charge on any atom is -0.378 e. The fourth-order valence-electron chi connectivity index (χ4n) is 4.23. The summed E-state index contributed by atoms with van der Waals surface area (Å²) >= 11 is 6.12.